The quantitative estimate of drug-likeness (QED) is 0.217. The second-order valence-electron chi connectivity index (χ2n) is 9.27. The molecule has 2 aliphatic heterocycles. The molecule has 0 N–H and O–H groups in total. The summed E-state index contributed by atoms with van der Waals surface area (Å²) in [5, 5.41) is 4.74. The summed E-state index contributed by atoms with van der Waals surface area (Å²) in [7, 11) is -3.29. The van der Waals surface area contributed by atoms with E-state index < -0.39 is 7.14 Å². The third-order valence-corrected chi connectivity index (χ3v) is 10.7. The molecule has 2 aliphatic rings. The Morgan fingerprint density at radius 2 is 1.14 bits per heavy atom. The van der Waals surface area contributed by atoms with Gasteiger partial charge in [-0.3, -0.25) is 9.36 Å². The predicted octanol–water partition coefficient (Wildman–Crippen LogP) is 5.88. The van der Waals surface area contributed by atoms with Crippen molar-refractivity contribution in [3.8, 4) is 5.69 Å². The van der Waals surface area contributed by atoms with Crippen LogP contribution in [0.3, 0.4) is 0 Å². The fourth-order valence-electron chi connectivity index (χ4n) is 6.07. The fraction of sp³-hybridized carbons (Fsp3) is 0. The van der Waals surface area contributed by atoms with Crippen molar-refractivity contribution >= 4 is 61.8 Å². The summed E-state index contributed by atoms with van der Waals surface area (Å²) in [4.78, 5) is 16.2. The highest BCUT2D eigenvalue weighted by Gasteiger charge is 2.46. The number of benzene rings is 5. The van der Waals surface area contributed by atoms with Gasteiger partial charge in [0.25, 0.3) is 5.56 Å². The molecule has 36 heavy (non-hydrogen) atoms. The minimum atomic E-state index is -3.29. The van der Waals surface area contributed by atoms with Crippen LogP contribution in [0.1, 0.15) is 0 Å². The molecule has 5 aromatic carbocycles. The first kappa shape index (κ1) is 19.9. The smallest absolute Gasteiger partial charge is 0.263 e. The minimum absolute atomic E-state index is 0.0877. The molecule has 0 spiro atoms. The molecule has 5 heteroatoms. The maximum Gasteiger partial charge on any atom is 0.263 e. The molecule has 6 aromatic rings. The maximum atomic E-state index is 15.6. The van der Waals surface area contributed by atoms with E-state index in [1.807, 2.05) is 103 Å². The van der Waals surface area contributed by atoms with Crippen molar-refractivity contribution in [3.05, 3.63) is 126 Å². The highest BCUT2D eigenvalue weighted by molar-refractivity contribution is 7.86. The zero-order valence-electron chi connectivity index (χ0n) is 19.1. The van der Waals surface area contributed by atoms with Gasteiger partial charge in [-0.25, -0.2) is 0 Å². The van der Waals surface area contributed by atoms with Crippen molar-refractivity contribution in [2.45, 2.75) is 0 Å². The van der Waals surface area contributed by atoms with Gasteiger partial charge >= 0.3 is 0 Å². The number of hydrogen-bond acceptors (Lipinski definition) is 3. The SMILES string of the molecule is O=c1c2ccccc2c2cccc3c2n1-c1cccc2c1P3(=O)c1ccccc1N2c1ccccc1. The molecular formula is C31H19N2O2P. The van der Waals surface area contributed by atoms with Gasteiger partial charge in [0.05, 0.1) is 27.9 Å². The van der Waals surface area contributed by atoms with Crippen LogP contribution in [0.5, 0.6) is 0 Å². The molecule has 1 aromatic heterocycles. The van der Waals surface area contributed by atoms with Gasteiger partial charge in [-0.1, -0.05) is 66.7 Å². The molecule has 1 unspecified atom stereocenters. The Labute approximate surface area is 207 Å². The highest BCUT2D eigenvalue weighted by Crippen LogP contribution is 2.57. The van der Waals surface area contributed by atoms with E-state index in [4.69, 9.17) is 0 Å². The summed E-state index contributed by atoms with van der Waals surface area (Å²) in [5.41, 5.74) is 4.10. The lowest BCUT2D eigenvalue weighted by molar-refractivity contribution is 0.592. The Bertz CT molecular complexity index is 2010. The van der Waals surface area contributed by atoms with Crippen LogP contribution in [-0.4, -0.2) is 4.57 Å². The molecule has 0 saturated carbocycles. The van der Waals surface area contributed by atoms with E-state index in [0.29, 0.717) is 11.1 Å². The number of pyridine rings is 1. The number of hydrogen-bond donors (Lipinski definition) is 0. The van der Waals surface area contributed by atoms with E-state index in [1.165, 1.54) is 0 Å². The van der Waals surface area contributed by atoms with Crippen molar-refractivity contribution < 1.29 is 4.57 Å². The Kier molecular flexibility index (Phi) is 3.77. The van der Waals surface area contributed by atoms with Crippen molar-refractivity contribution in [2.75, 3.05) is 4.90 Å². The Balaban J connectivity index is 1.64. The molecule has 0 radical (unpaired) electrons. The summed E-state index contributed by atoms with van der Waals surface area (Å²) in [6.07, 6.45) is 0. The first-order chi connectivity index (χ1) is 17.7. The van der Waals surface area contributed by atoms with E-state index in [2.05, 4.69) is 17.0 Å². The van der Waals surface area contributed by atoms with Crippen molar-refractivity contribution in [3.63, 3.8) is 0 Å². The van der Waals surface area contributed by atoms with E-state index in [1.54, 1.807) is 4.57 Å². The molecule has 0 aliphatic carbocycles. The van der Waals surface area contributed by atoms with Crippen LogP contribution in [0.2, 0.25) is 0 Å². The van der Waals surface area contributed by atoms with E-state index in [9.17, 15) is 4.79 Å². The minimum Gasteiger partial charge on any atom is -0.309 e. The fourth-order valence-corrected chi connectivity index (χ4v) is 9.42. The Morgan fingerprint density at radius 1 is 0.528 bits per heavy atom. The molecule has 1 atom stereocenters. The van der Waals surface area contributed by atoms with Gasteiger partial charge in [-0.15, -0.1) is 0 Å². The van der Waals surface area contributed by atoms with Gasteiger partial charge < -0.3 is 9.46 Å². The van der Waals surface area contributed by atoms with Crippen molar-refractivity contribution in [1.29, 1.82) is 0 Å². The van der Waals surface area contributed by atoms with Crippen molar-refractivity contribution in [1.82, 2.24) is 4.57 Å². The normalized spacial score (nSPS) is 17.2. The Morgan fingerprint density at radius 3 is 2.00 bits per heavy atom. The molecular weight excluding hydrogens is 463 g/mol. The third-order valence-electron chi connectivity index (χ3n) is 7.49. The lowest BCUT2D eigenvalue weighted by Gasteiger charge is -2.41. The molecule has 4 nitrogen and oxygen atoms in total. The van der Waals surface area contributed by atoms with Gasteiger partial charge in [-0.05, 0) is 53.9 Å². The average Bonchev–Trinajstić information content (AvgIpc) is 2.93. The zero-order chi connectivity index (χ0) is 24.0. The summed E-state index contributed by atoms with van der Waals surface area (Å²) in [6, 6.07) is 37.7. The number of anilines is 3. The summed E-state index contributed by atoms with van der Waals surface area (Å²) in [5.74, 6) is 0. The molecule has 3 heterocycles. The van der Waals surface area contributed by atoms with Crippen LogP contribution < -0.4 is 26.4 Å². The van der Waals surface area contributed by atoms with Crippen LogP contribution in [0.15, 0.2) is 120 Å². The predicted molar refractivity (Wildman–Crippen MR) is 148 cm³/mol. The van der Waals surface area contributed by atoms with Crippen LogP contribution in [0.4, 0.5) is 17.1 Å². The van der Waals surface area contributed by atoms with Gasteiger partial charge in [-0.2, -0.15) is 0 Å². The first-order valence-corrected chi connectivity index (χ1v) is 13.7. The topological polar surface area (TPSA) is 42.3 Å². The van der Waals surface area contributed by atoms with Crippen LogP contribution in [0, 0.1) is 0 Å². The molecule has 0 amide bonds. The third kappa shape index (κ3) is 2.26. The van der Waals surface area contributed by atoms with Crippen molar-refractivity contribution in [2.24, 2.45) is 0 Å². The Hall–Kier alpha value is -4.40. The molecule has 8 rings (SSSR count). The number of nitrogens with zero attached hydrogens (tertiary/aromatic N) is 2. The summed E-state index contributed by atoms with van der Waals surface area (Å²) in [6.45, 7) is 0. The second kappa shape index (κ2) is 6.84. The standard InChI is InChI=1S/C31H19N2O2P/c34-31-23-13-5-4-12-21(23)22-14-8-19-28-29(22)33(31)26-17-9-16-25-30(26)36(28,35)27-18-7-6-15-24(27)32(25)20-10-2-1-3-11-20/h1-19H. The molecule has 170 valence electrons. The molecule has 0 saturated heterocycles. The lowest BCUT2D eigenvalue weighted by atomic mass is 10.0. The van der Waals surface area contributed by atoms with Crippen LogP contribution in [0.25, 0.3) is 27.4 Å². The van der Waals surface area contributed by atoms with E-state index >= 15 is 4.57 Å². The second-order valence-corrected chi connectivity index (χ2v) is 11.9. The molecule has 0 fully saturated rings. The monoisotopic (exact) mass is 482 g/mol. The van der Waals surface area contributed by atoms with E-state index in [-0.39, 0.29) is 5.56 Å². The summed E-state index contributed by atoms with van der Waals surface area (Å²) < 4.78 is 17.4. The first-order valence-electron chi connectivity index (χ1n) is 12.0. The number of rotatable bonds is 1. The van der Waals surface area contributed by atoms with Gasteiger partial charge in [0.1, 0.15) is 0 Å². The van der Waals surface area contributed by atoms with Crippen LogP contribution >= 0.6 is 7.14 Å². The van der Waals surface area contributed by atoms with Gasteiger partial charge in [0.15, 0.2) is 7.14 Å². The number of para-hydroxylation sites is 3. The van der Waals surface area contributed by atoms with Crippen LogP contribution in [-0.2, 0) is 4.57 Å². The largest absolute Gasteiger partial charge is 0.309 e. The van der Waals surface area contributed by atoms with E-state index in [0.717, 1.165) is 49.3 Å². The number of fused-ring (bicyclic) bond motifs is 6. The molecule has 0 bridgehead atoms. The maximum absolute atomic E-state index is 15.6. The van der Waals surface area contributed by atoms with Gasteiger partial charge in [0.2, 0.25) is 0 Å². The lowest BCUT2D eigenvalue weighted by Crippen LogP contribution is -2.43. The number of aromatic nitrogens is 1. The average molecular weight is 482 g/mol. The van der Waals surface area contributed by atoms with Gasteiger partial charge in [0, 0.05) is 27.1 Å². The summed E-state index contributed by atoms with van der Waals surface area (Å²) >= 11 is 0. The zero-order valence-corrected chi connectivity index (χ0v) is 20.0. The highest BCUT2D eigenvalue weighted by atomic mass is 31.2.